The van der Waals surface area contributed by atoms with Crippen molar-refractivity contribution in [2.24, 2.45) is 4.99 Å². The van der Waals surface area contributed by atoms with Gasteiger partial charge in [-0.2, -0.15) is 0 Å². The van der Waals surface area contributed by atoms with Crippen LogP contribution < -0.4 is 15.4 Å². The van der Waals surface area contributed by atoms with Gasteiger partial charge in [-0.15, -0.1) is 0 Å². The summed E-state index contributed by atoms with van der Waals surface area (Å²) in [6, 6.07) is 10.4. The number of hydrogen-bond acceptors (Lipinski definition) is 3. The Balaban J connectivity index is 2.22. The zero-order chi connectivity index (χ0) is 19.7. The lowest BCUT2D eigenvalue weighted by molar-refractivity contribution is 0.292. The summed E-state index contributed by atoms with van der Waals surface area (Å²) < 4.78 is 5.72. The zero-order valence-corrected chi connectivity index (χ0v) is 17.8. The van der Waals surface area contributed by atoms with E-state index < -0.39 is 0 Å². The molecule has 5 heteroatoms. The molecule has 1 unspecified atom stereocenters. The molecule has 0 saturated heterocycles. The van der Waals surface area contributed by atoms with Gasteiger partial charge in [0.1, 0.15) is 5.75 Å². The fourth-order valence-electron chi connectivity index (χ4n) is 2.90. The fourth-order valence-corrected chi connectivity index (χ4v) is 2.90. The second kappa shape index (κ2) is 15.3. The number of nitrogens with one attached hydrogen (secondary N) is 2. The normalized spacial score (nSPS) is 12.9. The lowest BCUT2D eigenvalue weighted by Crippen LogP contribution is -2.42. The maximum absolute atomic E-state index is 5.72. The Morgan fingerprint density at radius 3 is 2.48 bits per heavy atom. The van der Waals surface area contributed by atoms with Crippen LogP contribution in [-0.2, 0) is 0 Å². The topological polar surface area (TPSA) is 48.9 Å². The molecular weight excluding hydrogens is 336 g/mol. The molecule has 0 amide bonds. The van der Waals surface area contributed by atoms with Gasteiger partial charge < -0.3 is 20.3 Å². The van der Waals surface area contributed by atoms with E-state index in [1.54, 1.807) is 0 Å². The van der Waals surface area contributed by atoms with Gasteiger partial charge in [0.05, 0.1) is 6.61 Å². The van der Waals surface area contributed by atoms with Crippen molar-refractivity contribution in [3.8, 4) is 5.75 Å². The van der Waals surface area contributed by atoms with Gasteiger partial charge in [0.15, 0.2) is 5.96 Å². The minimum absolute atomic E-state index is 0.430. The van der Waals surface area contributed by atoms with E-state index >= 15 is 0 Å². The van der Waals surface area contributed by atoms with Gasteiger partial charge in [0, 0.05) is 19.1 Å². The Kier molecular flexibility index (Phi) is 13.2. The Morgan fingerprint density at radius 1 is 1.07 bits per heavy atom. The van der Waals surface area contributed by atoms with E-state index in [9.17, 15) is 0 Å². The summed E-state index contributed by atoms with van der Waals surface area (Å²) in [5, 5.41) is 6.88. The van der Waals surface area contributed by atoms with Crippen LogP contribution in [0.4, 0.5) is 0 Å². The van der Waals surface area contributed by atoms with Crippen LogP contribution in [0.1, 0.15) is 53.4 Å². The van der Waals surface area contributed by atoms with Gasteiger partial charge in [0.2, 0.25) is 0 Å². The van der Waals surface area contributed by atoms with Crippen LogP contribution >= 0.6 is 0 Å². The predicted octanol–water partition coefficient (Wildman–Crippen LogP) is 3.91. The van der Waals surface area contributed by atoms with E-state index in [0.29, 0.717) is 6.04 Å². The van der Waals surface area contributed by atoms with Gasteiger partial charge >= 0.3 is 0 Å². The first kappa shape index (κ1) is 23.3. The number of unbranched alkanes of at least 4 members (excludes halogenated alkanes) is 1. The molecule has 0 aliphatic heterocycles. The second-order valence-electron chi connectivity index (χ2n) is 6.84. The van der Waals surface area contributed by atoms with Crippen molar-refractivity contribution in [3.63, 3.8) is 0 Å². The highest BCUT2D eigenvalue weighted by molar-refractivity contribution is 5.80. The number of aliphatic imine (C=N–C) groups is 1. The number of para-hydroxylation sites is 1. The maximum atomic E-state index is 5.72. The summed E-state index contributed by atoms with van der Waals surface area (Å²) >= 11 is 0. The summed E-state index contributed by atoms with van der Waals surface area (Å²) in [6.45, 7) is 14.7. The third-order valence-electron chi connectivity index (χ3n) is 4.57. The molecule has 2 N–H and O–H groups in total. The molecule has 27 heavy (non-hydrogen) atoms. The molecule has 1 atom stereocenters. The van der Waals surface area contributed by atoms with Crippen molar-refractivity contribution in [2.45, 2.75) is 59.4 Å². The average Bonchev–Trinajstić information content (AvgIpc) is 2.69. The van der Waals surface area contributed by atoms with Crippen molar-refractivity contribution >= 4 is 5.96 Å². The minimum Gasteiger partial charge on any atom is -0.494 e. The van der Waals surface area contributed by atoms with E-state index in [1.165, 1.54) is 13.0 Å². The molecule has 1 aromatic rings. The van der Waals surface area contributed by atoms with Crippen LogP contribution in [0.5, 0.6) is 5.75 Å². The van der Waals surface area contributed by atoms with Gasteiger partial charge in [0.25, 0.3) is 0 Å². The smallest absolute Gasteiger partial charge is 0.191 e. The van der Waals surface area contributed by atoms with Crippen LogP contribution in [0.25, 0.3) is 0 Å². The van der Waals surface area contributed by atoms with Gasteiger partial charge in [-0.05, 0) is 71.3 Å². The summed E-state index contributed by atoms with van der Waals surface area (Å²) in [6.07, 6.45) is 4.41. The molecule has 5 nitrogen and oxygen atoms in total. The number of benzene rings is 1. The molecule has 0 bridgehead atoms. The lowest BCUT2D eigenvalue weighted by atomic mass is 10.2. The maximum Gasteiger partial charge on any atom is 0.191 e. The van der Waals surface area contributed by atoms with E-state index in [4.69, 9.17) is 9.73 Å². The van der Waals surface area contributed by atoms with Crippen LogP contribution in [-0.4, -0.2) is 56.2 Å². The molecule has 0 saturated carbocycles. The number of nitrogens with zero attached hydrogens (tertiary/aromatic N) is 2. The predicted molar refractivity (Wildman–Crippen MR) is 117 cm³/mol. The molecule has 0 fully saturated rings. The molecule has 0 heterocycles. The highest BCUT2D eigenvalue weighted by Gasteiger charge is 2.06. The molecule has 1 rings (SSSR count). The van der Waals surface area contributed by atoms with Crippen molar-refractivity contribution < 1.29 is 4.74 Å². The quantitative estimate of drug-likeness (QED) is 0.294. The SMILES string of the molecule is CCNC(=NCCCCOc1ccccc1)NC(C)CCCN(CC)CC. The van der Waals surface area contributed by atoms with Gasteiger partial charge in [-0.1, -0.05) is 32.0 Å². The average molecular weight is 377 g/mol. The molecule has 0 aromatic heterocycles. The molecule has 154 valence electrons. The third-order valence-corrected chi connectivity index (χ3v) is 4.57. The molecule has 0 radical (unpaired) electrons. The summed E-state index contributed by atoms with van der Waals surface area (Å²) in [5.74, 6) is 1.87. The summed E-state index contributed by atoms with van der Waals surface area (Å²) in [7, 11) is 0. The van der Waals surface area contributed by atoms with E-state index in [0.717, 1.165) is 63.8 Å². The summed E-state index contributed by atoms with van der Waals surface area (Å²) in [5.41, 5.74) is 0. The Bertz CT molecular complexity index is 488. The van der Waals surface area contributed by atoms with Crippen molar-refractivity contribution in [1.82, 2.24) is 15.5 Å². The third kappa shape index (κ3) is 11.5. The molecular formula is C22H40N4O. The van der Waals surface area contributed by atoms with Gasteiger partial charge in [-0.25, -0.2) is 0 Å². The van der Waals surface area contributed by atoms with Crippen molar-refractivity contribution in [1.29, 1.82) is 0 Å². The monoisotopic (exact) mass is 376 g/mol. The van der Waals surface area contributed by atoms with Crippen LogP contribution in [0.2, 0.25) is 0 Å². The standard InChI is InChI=1S/C22H40N4O/c1-5-23-22(25-20(4)14-13-18-26(6-2)7-3)24-17-11-12-19-27-21-15-9-8-10-16-21/h8-10,15-16,20H,5-7,11-14,17-19H2,1-4H3,(H2,23,24,25). The largest absolute Gasteiger partial charge is 0.494 e. The van der Waals surface area contributed by atoms with Crippen LogP contribution in [0, 0.1) is 0 Å². The number of hydrogen-bond donors (Lipinski definition) is 2. The molecule has 0 aliphatic rings. The Morgan fingerprint density at radius 2 is 1.81 bits per heavy atom. The molecule has 1 aromatic carbocycles. The van der Waals surface area contributed by atoms with Gasteiger partial charge in [-0.3, -0.25) is 4.99 Å². The molecule has 0 aliphatic carbocycles. The minimum atomic E-state index is 0.430. The summed E-state index contributed by atoms with van der Waals surface area (Å²) in [4.78, 5) is 7.18. The number of rotatable bonds is 14. The lowest BCUT2D eigenvalue weighted by Gasteiger charge is -2.21. The first-order valence-electron chi connectivity index (χ1n) is 10.6. The second-order valence-corrected chi connectivity index (χ2v) is 6.84. The number of ether oxygens (including phenoxy) is 1. The van der Waals surface area contributed by atoms with E-state index in [1.807, 2.05) is 30.3 Å². The zero-order valence-electron chi connectivity index (χ0n) is 17.8. The first-order valence-corrected chi connectivity index (χ1v) is 10.6. The highest BCUT2D eigenvalue weighted by Crippen LogP contribution is 2.08. The fraction of sp³-hybridized carbons (Fsp3) is 0.682. The highest BCUT2D eigenvalue weighted by atomic mass is 16.5. The first-order chi connectivity index (χ1) is 13.2. The van der Waals surface area contributed by atoms with Crippen molar-refractivity contribution in [3.05, 3.63) is 30.3 Å². The Hall–Kier alpha value is -1.75. The van der Waals surface area contributed by atoms with E-state index in [2.05, 4.69) is 43.2 Å². The van der Waals surface area contributed by atoms with Crippen LogP contribution in [0.15, 0.2) is 35.3 Å². The van der Waals surface area contributed by atoms with Crippen LogP contribution in [0.3, 0.4) is 0 Å². The molecule has 0 spiro atoms. The Labute approximate surface area is 166 Å². The van der Waals surface area contributed by atoms with E-state index in [-0.39, 0.29) is 0 Å². The van der Waals surface area contributed by atoms with Crippen molar-refractivity contribution in [2.75, 3.05) is 39.3 Å². The number of guanidine groups is 1.